The predicted octanol–water partition coefficient (Wildman–Crippen LogP) is 3.86. The number of amides is 1. The van der Waals surface area contributed by atoms with Crippen molar-refractivity contribution >= 4 is 22.6 Å². The summed E-state index contributed by atoms with van der Waals surface area (Å²) < 4.78 is 2.16. The molecule has 3 aliphatic rings. The van der Waals surface area contributed by atoms with Crippen LogP contribution in [0.2, 0.25) is 0 Å². The number of nitrogens with one attached hydrogen (secondary N) is 1. The van der Waals surface area contributed by atoms with Gasteiger partial charge in [-0.05, 0) is 50.3 Å². The molecule has 1 N–H and O–H groups in total. The maximum absolute atomic E-state index is 12.9. The van der Waals surface area contributed by atoms with E-state index in [0.717, 1.165) is 54.6 Å². The zero-order valence-corrected chi connectivity index (χ0v) is 14.5. The fourth-order valence-electron chi connectivity index (χ4n) is 4.89. The molecule has 0 saturated heterocycles. The van der Waals surface area contributed by atoms with E-state index in [9.17, 15) is 10.1 Å². The van der Waals surface area contributed by atoms with Crippen LogP contribution in [-0.2, 0) is 11.8 Å². The monoisotopic (exact) mass is 334 g/mol. The van der Waals surface area contributed by atoms with Crippen molar-refractivity contribution in [2.45, 2.75) is 50.9 Å². The number of hydrogen-bond donors (Lipinski definition) is 1. The molecule has 0 bridgehead atoms. The number of imidazole rings is 1. The van der Waals surface area contributed by atoms with Gasteiger partial charge in [-0.15, -0.1) is 0 Å². The van der Waals surface area contributed by atoms with Crippen molar-refractivity contribution in [3.05, 3.63) is 24.0 Å². The molecule has 3 saturated carbocycles. The Morgan fingerprint density at radius 1 is 1.36 bits per heavy atom. The van der Waals surface area contributed by atoms with E-state index in [0.29, 0.717) is 5.92 Å². The zero-order chi connectivity index (χ0) is 17.2. The van der Waals surface area contributed by atoms with Crippen LogP contribution in [-0.4, -0.2) is 15.5 Å². The number of carbonyl (C=O) groups excluding carboxylic acids is 1. The summed E-state index contributed by atoms with van der Waals surface area (Å²) in [5.74, 6) is 1.60. The van der Waals surface area contributed by atoms with Gasteiger partial charge in [-0.3, -0.25) is 4.79 Å². The molecular weight excluding hydrogens is 312 g/mol. The van der Waals surface area contributed by atoms with Crippen LogP contribution in [0.4, 0.5) is 5.69 Å². The Balaban J connectivity index is 1.42. The Kier molecular flexibility index (Phi) is 2.90. The van der Waals surface area contributed by atoms with Crippen LogP contribution < -0.4 is 5.32 Å². The predicted molar refractivity (Wildman–Crippen MR) is 94.9 cm³/mol. The average Bonchev–Trinajstić information content (AvgIpc) is 3.46. The molecule has 3 fully saturated rings. The van der Waals surface area contributed by atoms with Crippen molar-refractivity contribution < 1.29 is 4.79 Å². The van der Waals surface area contributed by atoms with Crippen LogP contribution in [0.5, 0.6) is 0 Å². The molecule has 1 atom stereocenters. The molecule has 1 spiro atoms. The highest BCUT2D eigenvalue weighted by molar-refractivity contribution is 6.01. The highest BCUT2D eigenvalue weighted by Crippen LogP contribution is 2.71. The summed E-state index contributed by atoms with van der Waals surface area (Å²) >= 11 is 0. The first-order valence-electron chi connectivity index (χ1n) is 9.28. The maximum atomic E-state index is 12.9. The molecule has 25 heavy (non-hydrogen) atoms. The van der Waals surface area contributed by atoms with Crippen LogP contribution in [0, 0.1) is 22.2 Å². The average molecular weight is 334 g/mol. The SMILES string of the molecule is Cn1c(C2CC2)nc2cc(NC(=O)C3(C#N)CC34CCCC4)ccc21. The van der Waals surface area contributed by atoms with E-state index in [4.69, 9.17) is 4.98 Å². The van der Waals surface area contributed by atoms with Gasteiger partial charge in [0.1, 0.15) is 11.2 Å². The first-order chi connectivity index (χ1) is 12.1. The van der Waals surface area contributed by atoms with Crippen molar-refractivity contribution in [2.75, 3.05) is 5.32 Å². The van der Waals surface area contributed by atoms with Gasteiger partial charge in [-0.1, -0.05) is 12.8 Å². The van der Waals surface area contributed by atoms with Gasteiger partial charge >= 0.3 is 0 Å². The molecule has 1 amide bonds. The number of carbonyl (C=O) groups is 1. The van der Waals surface area contributed by atoms with Crippen LogP contribution in [0.3, 0.4) is 0 Å². The fourth-order valence-corrected chi connectivity index (χ4v) is 4.89. The van der Waals surface area contributed by atoms with Gasteiger partial charge in [-0.25, -0.2) is 4.98 Å². The normalized spacial score (nSPS) is 26.7. The van der Waals surface area contributed by atoms with Crippen molar-refractivity contribution in [3.8, 4) is 6.07 Å². The largest absolute Gasteiger partial charge is 0.331 e. The van der Waals surface area contributed by atoms with Crippen LogP contribution >= 0.6 is 0 Å². The van der Waals surface area contributed by atoms with Gasteiger partial charge in [-0.2, -0.15) is 5.26 Å². The van der Waals surface area contributed by atoms with Gasteiger partial charge in [0.25, 0.3) is 0 Å². The van der Waals surface area contributed by atoms with Crippen molar-refractivity contribution in [1.82, 2.24) is 9.55 Å². The van der Waals surface area contributed by atoms with Crippen molar-refractivity contribution in [2.24, 2.45) is 17.9 Å². The van der Waals surface area contributed by atoms with Gasteiger partial charge in [0.05, 0.1) is 17.1 Å². The Labute approximate surface area is 147 Å². The number of nitrogens with zero attached hydrogens (tertiary/aromatic N) is 3. The van der Waals surface area contributed by atoms with E-state index < -0.39 is 5.41 Å². The molecule has 3 aliphatic carbocycles. The number of benzene rings is 1. The number of aryl methyl sites for hydroxylation is 1. The van der Waals surface area contributed by atoms with E-state index in [-0.39, 0.29) is 11.3 Å². The van der Waals surface area contributed by atoms with Crippen LogP contribution in [0.15, 0.2) is 18.2 Å². The minimum Gasteiger partial charge on any atom is -0.331 e. The summed E-state index contributed by atoms with van der Waals surface area (Å²) in [7, 11) is 2.06. The lowest BCUT2D eigenvalue weighted by Crippen LogP contribution is -2.27. The highest BCUT2D eigenvalue weighted by atomic mass is 16.2. The second kappa shape index (κ2) is 4.85. The lowest BCUT2D eigenvalue weighted by Gasteiger charge is -2.15. The lowest BCUT2D eigenvalue weighted by atomic mass is 9.91. The summed E-state index contributed by atoms with van der Waals surface area (Å²) in [6.07, 6.45) is 7.46. The number of anilines is 1. The molecule has 1 unspecified atom stereocenters. The third kappa shape index (κ3) is 2.00. The Morgan fingerprint density at radius 3 is 2.80 bits per heavy atom. The summed E-state index contributed by atoms with van der Waals surface area (Å²) in [6, 6.07) is 8.22. The van der Waals surface area contributed by atoms with Crippen LogP contribution in [0.25, 0.3) is 11.0 Å². The Morgan fingerprint density at radius 2 is 2.12 bits per heavy atom. The summed E-state index contributed by atoms with van der Waals surface area (Å²) in [4.78, 5) is 17.6. The molecule has 5 rings (SSSR count). The van der Waals surface area contributed by atoms with E-state index in [1.807, 2.05) is 18.2 Å². The van der Waals surface area contributed by atoms with E-state index in [2.05, 4.69) is 23.0 Å². The first kappa shape index (κ1) is 14.9. The number of fused-ring (bicyclic) bond motifs is 1. The molecule has 1 heterocycles. The first-order valence-corrected chi connectivity index (χ1v) is 9.28. The molecule has 1 aromatic carbocycles. The second-order valence-corrected chi connectivity index (χ2v) is 8.14. The zero-order valence-electron chi connectivity index (χ0n) is 14.5. The number of hydrogen-bond acceptors (Lipinski definition) is 3. The molecular formula is C20H22N4O. The van der Waals surface area contributed by atoms with Gasteiger partial charge < -0.3 is 9.88 Å². The van der Waals surface area contributed by atoms with Crippen molar-refractivity contribution in [1.29, 1.82) is 5.26 Å². The van der Waals surface area contributed by atoms with Crippen LogP contribution in [0.1, 0.15) is 56.7 Å². The number of nitriles is 1. The van der Waals surface area contributed by atoms with E-state index in [1.54, 1.807) is 0 Å². The third-order valence-corrected chi connectivity index (χ3v) is 6.64. The molecule has 128 valence electrons. The van der Waals surface area contributed by atoms with E-state index in [1.165, 1.54) is 12.8 Å². The summed E-state index contributed by atoms with van der Waals surface area (Å²) in [6.45, 7) is 0. The topological polar surface area (TPSA) is 70.7 Å². The van der Waals surface area contributed by atoms with E-state index >= 15 is 0 Å². The highest BCUT2D eigenvalue weighted by Gasteiger charge is 2.72. The third-order valence-electron chi connectivity index (χ3n) is 6.64. The Bertz CT molecular complexity index is 927. The molecule has 5 nitrogen and oxygen atoms in total. The second-order valence-electron chi connectivity index (χ2n) is 8.14. The smallest absolute Gasteiger partial charge is 0.245 e. The minimum absolute atomic E-state index is 0.0555. The van der Waals surface area contributed by atoms with Gasteiger partial charge in [0.15, 0.2) is 0 Å². The van der Waals surface area contributed by atoms with Gasteiger partial charge in [0.2, 0.25) is 5.91 Å². The standard InChI is InChI=1S/C20H22N4O/c1-24-16-7-6-14(10-15(16)23-17(24)13-4-5-13)22-18(25)20(12-21)11-19(20)8-2-3-9-19/h6-7,10,13H,2-5,8-9,11H2,1H3,(H,22,25). The summed E-state index contributed by atoms with van der Waals surface area (Å²) in [5, 5.41) is 12.7. The lowest BCUT2D eigenvalue weighted by molar-refractivity contribution is -0.120. The fraction of sp³-hybridized carbons (Fsp3) is 0.550. The maximum Gasteiger partial charge on any atom is 0.245 e. The van der Waals surface area contributed by atoms with Crippen molar-refractivity contribution in [3.63, 3.8) is 0 Å². The molecule has 0 radical (unpaired) electrons. The Hall–Kier alpha value is -2.35. The van der Waals surface area contributed by atoms with Gasteiger partial charge in [0, 0.05) is 24.1 Å². The molecule has 5 heteroatoms. The minimum atomic E-state index is -0.818. The number of aromatic nitrogens is 2. The number of rotatable bonds is 3. The quantitative estimate of drug-likeness (QED) is 0.926. The molecule has 2 aromatic rings. The molecule has 1 aromatic heterocycles. The molecule has 0 aliphatic heterocycles. The summed E-state index contributed by atoms with van der Waals surface area (Å²) in [5.41, 5.74) is 1.88.